The first-order valence-electron chi connectivity index (χ1n) is 5.54. The second kappa shape index (κ2) is 5.98. The number of benzene rings is 1. The number of alkyl halides is 1. The molecule has 0 aliphatic rings. The van der Waals surface area contributed by atoms with Crippen LogP contribution in [0.1, 0.15) is 12.7 Å². The third-order valence-electron chi connectivity index (χ3n) is 2.57. The number of hydrogen-bond acceptors (Lipinski definition) is 2. The molecule has 0 saturated heterocycles. The molecular weight excluding hydrogens is 275 g/mol. The van der Waals surface area contributed by atoms with Crippen LogP contribution in [0.4, 0.5) is 0 Å². The summed E-state index contributed by atoms with van der Waals surface area (Å²) in [6.07, 6.45) is 0. The van der Waals surface area contributed by atoms with Gasteiger partial charge in [0.2, 0.25) is 0 Å². The van der Waals surface area contributed by atoms with Crippen LogP contribution in [0, 0.1) is 0 Å². The number of nitrogens with zero attached hydrogens (tertiary/aromatic N) is 2. The van der Waals surface area contributed by atoms with Gasteiger partial charge in [-0.2, -0.15) is 11.8 Å². The molecule has 1 aromatic carbocycles. The molecule has 17 heavy (non-hydrogen) atoms. The first-order valence-corrected chi connectivity index (χ1v) is 7.61. The van der Waals surface area contributed by atoms with Gasteiger partial charge in [-0.25, -0.2) is 4.98 Å². The molecule has 0 atom stereocenters. The van der Waals surface area contributed by atoms with Crippen molar-refractivity contribution in [3.05, 3.63) is 29.0 Å². The molecular formula is C12H14Cl2N2S. The van der Waals surface area contributed by atoms with E-state index in [2.05, 4.69) is 16.5 Å². The molecule has 0 radical (unpaired) electrons. The highest BCUT2D eigenvalue weighted by atomic mass is 35.5. The maximum absolute atomic E-state index is 5.96. The van der Waals surface area contributed by atoms with Crippen LogP contribution in [0.2, 0.25) is 5.02 Å². The minimum atomic E-state index is 0.434. The van der Waals surface area contributed by atoms with Crippen LogP contribution in [0.3, 0.4) is 0 Å². The van der Waals surface area contributed by atoms with Crippen LogP contribution in [0.5, 0.6) is 0 Å². The lowest BCUT2D eigenvalue weighted by Gasteiger charge is -2.06. The van der Waals surface area contributed by atoms with Crippen molar-refractivity contribution in [2.24, 2.45) is 0 Å². The third kappa shape index (κ3) is 2.90. The molecule has 0 N–H and O–H groups in total. The van der Waals surface area contributed by atoms with Gasteiger partial charge < -0.3 is 4.57 Å². The summed E-state index contributed by atoms with van der Waals surface area (Å²) in [6.45, 7) is 3.11. The van der Waals surface area contributed by atoms with Crippen LogP contribution in [-0.2, 0) is 12.4 Å². The molecule has 5 heteroatoms. The topological polar surface area (TPSA) is 17.8 Å². The maximum atomic E-state index is 5.96. The van der Waals surface area contributed by atoms with E-state index >= 15 is 0 Å². The van der Waals surface area contributed by atoms with Gasteiger partial charge in [-0.1, -0.05) is 18.5 Å². The number of rotatable bonds is 5. The molecule has 0 aliphatic heterocycles. The molecule has 2 rings (SSSR count). The van der Waals surface area contributed by atoms with E-state index in [0.29, 0.717) is 10.9 Å². The molecule has 2 aromatic rings. The molecule has 0 spiro atoms. The Morgan fingerprint density at radius 3 is 2.94 bits per heavy atom. The second-order valence-corrected chi connectivity index (χ2v) is 5.74. The Hall–Kier alpha value is -0.380. The fourth-order valence-electron chi connectivity index (χ4n) is 1.80. The predicted octanol–water partition coefficient (Wildman–Crippen LogP) is 4.18. The van der Waals surface area contributed by atoms with Gasteiger partial charge in [-0.3, -0.25) is 0 Å². The SMILES string of the molecule is CCSCCn1c(CCl)nc2cc(Cl)ccc21. The first kappa shape index (κ1) is 13.1. The fraction of sp³-hybridized carbons (Fsp3) is 0.417. The number of aryl methyl sites for hydroxylation is 1. The molecule has 0 aliphatic carbocycles. The fourth-order valence-corrected chi connectivity index (χ4v) is 2.78. The van der Waals surface area contributed by atoms with Gasteiger partial charge in [0.15, 0.2) is 0 Å². The van der Waals surface area contributed by atoms with Crippen LogP contribution < -0.4 is 0 Å². The number of imidazole rings is 1. The third-order valence-corrected chi connectivity index (χ3v) is 3.93. The van der Waals surface area contributed by atoms with E-state index in [0.717, 1.165) is 34.9 Å². The smallest absolute Gasteiger partial charge is 0.124 e. The van der Waals surface area contributed by atoms with Crippen molar-refractivity contribution in [3.8, 4) is 0 Å². The van der Waals surface area contributed by atoms with E-state index in [1.54, 1.807) is 0 Å². The zero-order valence-corrected chi connectivity index (χ0v) is 11.9. The average Bonchev–Trinajstić information content (AvgIpc) is 2.67. The number of thioether (sulfide) groups is 1. The van der Waals surface area contributed by atoms with Crippen LogP contribution in [0.15, 0.2) is 18.2 Å². The predicted molar refractivity (Wildman–Crippen MR) is 77.3 cm³/mol. The second-order valence-electron chi connectivity index (χ2n) is 3.64. The Kier molecular flexibility index (Phi) is 4.60. The lowest BCUT2D eigenvalue weighted by molar-refractivity contribution is 0.755. The number of aromatic nitrogens is 2. The largest absolute Gasteiger partial charge is 0.326 e. The standard InChI is InChI=1S/C12H14Cl2N2S/c1-2-17-6-5-16-11-4-3-9(14)7-10(11)15-12(16)8-13/h3-4,7H,2,5-6,8H2,1H3. The summed E-state index contributed by atoms with van der Waals surface area (Å²) in [7, 11) is 0. The highest BCUT2D eigenvalue weighted by Gasteiger charge is 2.09. The van der Waals surface area contributed by atoms with Gasteiger partial charge in [0, 0.05) is 17.3 Å². The number of halogens is 2. The average molecular weight is 289 g/mol. The summed E-state index contributed by atoms with van der Waals surface area (Å²) in [6, 6.07) is 5.79. The van der Waals surface area contributed by atoms with E-state index < -0.39 is 0 Å². The summed E-state index contributed by atoms with van der Waals surface area (Å²) in [5, 5.41) is 0.714. The van der Waals surface area contributed by atoms with Gasteiger partial charge in [0.25, 0.3) is 0 Å². The van der Waals surface area contributed by atoms with Crippen molar-refractivity contribution in [2.75, 3.05) is 11.5 Å². The summed E-state index contributed by atoms with van der Waals surface area (Å²) >= 11 is 13.8. The molecule has 92 valence electrons. The lowest BCUT2D eigenvalue weighted by atomic mass is 10.3. The minimum absolute atomic E-state index is 0.434. The maximum Gasteiger partial charge on any atom is 0.124 e. The lowest BCUT2D eigenvalue weighted by Crippen LogP contribution is -2.04. The highest BCUT2D eigenvalue weighted by Crippen LogP contribution is 2.22. The quantitative estimate of drug-likeness (QED) is 0.607. The van der Waals surface area contributed by atoms with E-state index in [9.17, 15) is 0 Å². The van der Waals surface area contributed by atoms with E-state index in [1.165, 1.54) is 0 Å². The van der Waals surface area contributed by atoms with Gasteiger partial charge >= 0.3 is 0 Å². The van der Waals surface area contributed by atoms with Crippen molar-refractivity contribution >= 4 is 46.0 Å². The summed E-state index contributed by atoms with van der Waals surface area (Å²) in [5.41, 5.74) is 2.04. The van der Waals surface area contributed by atoms with Crippen molar-refractivity contribution in [2.45, 2.75) is 19.3 Å². The number of fused-ring (bicyclic) bond motifs is 1. The Morgan fingerprint density at radius 2 is 2.24 bits per heavy atom. The molecule has 2 nitrogen and oxygen atoms in total. The van der Waals surface area contributed by atoms with Crippen LogP contribution in [-0.4, -0.2) is 21.1 Å². The molecule has 0 saturated carbocycles. The monoisotopic (exact) mass is 288 g/mol. The zero-order chi connectivity index (χ0) is 12.3. The van der Waals surface area contributed by atoms with Crippen molar-refractivity contribution in [1.82, 2.24) is 9.55 Å². The van der Waals surface area contributed by atoms with Gasteiger partial charge in [0.1, 0.15) is 5.82 Å². The Balaban J connectivity index is 2.36. The van der Waals surface area contributed by atoms with E-state index in [4.69, 9.17) is 23.2 Å². The zero-order valence-electron chi connectivity index (χ0n) is 9.62. The van der Waals surface area contributed by atoms with Crippen LogP contribution in [0.25, 0.3) is 11.0 Å². The normalized spacial score (nSPS) is 11.2. The molecule has 0 bridgehead atoms. The van der Waals surface area contributed by atoms with Crippen molar-refractivity contribution < 1.29 is 0 Å². The minimum Gasteiger partial charge on any atom is -0.326 e. The van der Waals surface area contributed by atoms with E-state index in [-0.39, 0.29) is 0 Å². The Bertz CT molecular complexity index is 510. The van der Waals surface area contributed by atoms with E-state index in [1.807, 2.05) is 30.0 Å². The van der Waals surface area contributed by atoms with Crippen molar-refractivity contribution in [3.63, 3.8) is 0 Å². The Labute approximate surface area is 115 Å². The van der Waals surface area contributed by atoms with Crippen LogP contribution >= 0.6 is 35.0 Å². The van der Waals surface area contributed by atoms with Crippen molar-refractivity contribution in [1.29, 1.82) is 0 Å². The molecule has 1 heterocycles. The highest BCUT2D eigenvalue weighted by molar-refractivity contribution is 7.99. The first-order chi connectivity index (χ1) is 8.26. The molecule has 0 fully saturated rings. The van der Waals surface area contributed by atoms with Gasteiger partial charge in [-0.15, -0.1) is 11.6 Å². The summed E-state index contributed by atoms with van der Waals surface area (Å²) in [5.74, 6) is 3.56. The molecule has 0 amide bonds. The summed E-state index contributed by atoms with van der Waals surface area (Å²) < 4.78 is 2.18. The van der Waals surface area contributed by atoms with Gasteiger partial charge in [-0.05, 0) is 24.0 Å². The Morgan fingerprint density at radius 1 is 1.41 bits per heavy atom. The molecule has 1 aromatic heterocycles. The summed E-state index contributed by atoms with van der Waals surface area (Å²) in [4.78, 5) is 4.51. The van der Waals surface area contributed by atoms with Gasteiger partial charge in [0.05, 0.1) is 16.9 Å². The number of hydrogen-bond donors (Lipinski definition) is 0. The molecule has 0 unspecified atom stereocenters.